The lowest BCUT2D eigenvalue weighted by molar-refractivity contribution is 0.628. The van der Waals surface area contributed by atoms with Crippen molar-refractivity contribution < 1.29 is 8.78 Å². The van der Waals surface area contributed by atoms with Crippen molar-refractivity contribution in [2.45, 2.75) is 10.8 Å². The van der Waals surface area contributed by atoms with Gasteiger partial charge in [0.15, 0.2) is 0 Å². The van der Waals surface area contributed by atoms with Gasteiger partial charge in [-0.3, -0.25) is 0 Å². The van der Waals surface area contributed by atoms with Crippen molar-refractivity contribution in [2.24, 2.45) is 0 Å². The Balaban J connectivity index is 0.729. The van der Waals surface area contributed by atoms with Crippen LogP contribution in [-0.4, -0.2) is 0 Å². The molecule has 0 radical (unpaired) electrons. The second-order valence-corrected chi connectivity index (χ2v) is 27.9. The summed E-state index contributed by atoms with van der Waals surface area (Å²) in [7, 11) is 0. The minimum Gasteiger partial charge on any atom is -0.310 e. The molecule has 0 aliphatic heterocycles. The Labute approximate surface area is 588 Å². The van der Waals surface area contributed by atoms with Crippen molar-refractivity contribution in [3.63, 3.8) is 0 Å². The second-order valence-electron chi connectivity index (χ2n) is 27.9. The maximum absolute atomic E-state index is 17.1. The van der Waals surface area contributed by atoms with Gasteiger partial charge >= 0.3 is 0 Å². The van der Waals surface area contributed by atoms with Gasteiger partial charge in [-0.05, 0) is 250 Å². The molecule has 0 N–H and O–H groups in total. The van der Waals surface area contributed by atoms with E-state index in [4.69, 9.17) is 0 Å². The number of benzene rings is 18. The number of anilines is 6. The molecule has 0 aromatic heterocycles. The number of rotatable bonds is 7. The van der Waals surface area contributed by atoms with Crippen LogP contribution in [-0.2, 0) is 10.8 Å². The van der Waals surface area contributed by atoms with E-state index in [2.05, 4.69) is 295 Å². The third-order valence-electron chi connectivity index (χ3n) is 23.0. The lowest BCUT2D eigenvalue weighted by Crippen LogP contribution is -2.26. The molecule has 18 aromatic carbocycles. The summed E-state index contributed by atoms with van der Waals surface area (Å²) in [6.45, 7) is 0. The van der Waals surface area contributed by atoms with Crippen LogP contribution >= 0.6 is 0 Å². The average molecular weight is 1300 g/mol. The number of para-hydroxylation sites is 2. The van der Waals surface area contributed by atoms with Crippen molar-refractivity contribution in [3.8, 4) is 55.6 Å². The number of hydrogen-bond acceptors (Lipinski definition) is 2. The lowest BCUT2D eigenvalue weighted by atomic mass is 9.68. The van der Waals surface area contributed by atoms with Crippen LogP contribution in [0, 0.1) is 11.6 Å². The van der Waals surface area contributed by atoms with Crippen LogP contribution in [0.15, 0.2) is 352 Å². The van der Waals surface area contributed by atoms with Gasteiger partial charge in [-0.1, -0.05) is 267 Å². The predicted octanol–water partition coefficient (Wildman–Crippen LogP) is 26.2. The minimum atomic E-state index is -0.718. The summed E-state index contributed by atoms with van der Waals surface area (Å²) in [6.07, 6.45) is 0. The summed E-state index contributed by atoms with van der Waals surface area (Å²) in [4.78, 5) is 4.25. The first-order chi connectivity index (χ1) is 50.4. The molecule has 474 valence electrons. The maximum Gasteiger partial charge on any atom is 0.147 e. The van der Waals surface area contributed by atoms with Crippen molar-refractivity contribution >= 4 is 98.8 Å². The van der Waals surface area contributed by atoms with Gasteiger partial charge in [0.1, 0.15) is 11.6 Å². The Bertz CT molecular complexity index is 6610. The van der Waals surface area contributed by atoms with Crippen LogP contribution in [0.5, 0.6) is 0 Å². The Hall–Kier alpha value is -13.0. The molecule has 2 nitrogen and oxygen atoms in total. The summed E-state index contributed by atoms with van der Waals surface area (Å²) in [5, 5.41) is 14.2. The first kappa shape index (κ1) is 56.9. The van der Waals surface area contributed by atoms with Gasteiger partial charge in [0.2, 0.25) is 0 Å². The van der Waals surface area contributed by atoms with Gasteiger partial charge in [-0.25, -0.2) is 8.78 Å². The van der Waals surface area contributed by atoms with Gasteiger partial charge in [0.05, 0.1) is 16.5 Å². The molecule has 18 aromatic rings. The first-order valence-corrected chi connectivity index (χ1v) is 35.2. The molecule has 4 aliphatic carbocycles. The molecular formula is C98H58F2N2. The molecule has 0 amide bonds. The fourth-order valence-corrected chi connectivity index (χ4v) is 19.3. The van der Waals surface area contributed by atoms with Crippen LogP contribution < -0.4 is 9.80 Å². The van der Waals surface area contributed by atoms with Gasteiger partial charge < -0.3 is 9.80 Å². The summed E-state index contributed by atoms with van der Waals surface area (Å²) < 4.78 is 32.3. The van der Waals surface area contributed by atoms with E-state index in [-0.39, 0.29) is 11.6 Å². The highest BCUT2D eigenvalue weighted by atomic mass is 19.1. The molecule has 4 aliphatic rings. The molecule has 0 atom stereocenters. The highest BCUT2D eigenvalue weighted by Crippen LogP contribution is 2.69. The van der Waals surface area contributed by atoms with E-state index in [9.17, 15) is 0 Å². The van der Waals surface area contributed by atoms with E-state index >= 15 is 8.78 Å². The molecule has 0 fully saturated rings. The molecule has 4 heteroatoms. The smallest absolute Gasteiger partial charge is 0.147 e. The number of hydrogen-bond donors (Lipinski definition) is 0. The van der Waals surface area contributed by atoms with E-state index in [0.29, 0.717) is 5.69 Å². The van der Waals surface area contributed by atoms with Crippen LogP contribution in [0.1, 0.15) is 44.5 Å². The molecule has 0 bridgehead atoms. The molecule has 0 heterocycles. The van der Waals surface area contributed by atoms with E-state index in [1.165, 1.54) is 133 Å². The third kappa shape index (κ3) is 7.54. The van der Waals surface area contributed by atoms with Crippen molar-refractivity contribution in [2.75, 3.05) is 9.80 Å². The molecule has 0 saturated carbocycles. The number of fused-ring (bicyclic) bond motifs is 34. The Morgan fingerprint density at radius 1 is 0.216 bits per heavy atom. The lowest BCUT2D eigenvalue weighted by Gasteiger charge is -2.33. The molecule has 0 saturated heterocycles. The number of nitrogens with zero attached hydrogens (tertiary/aromatic N) is 2. The predicted molar refractivity (Wildman–Crippen MR) is 419 cm³/mol. The fourth-order valence-electron chi connectivity index (χ4n) is 19.3. The van der Waals surface area contributed by atoms with E-state index < -0.39 is 10.8 Å². The zero-order chi connectivity index (χ0) is 67.1. The normalized spacial score (nSPS) is 13.5. The van der Waals surface area contributed by atoms with E-state index in [0.717, 1.165) is 66.5 Å². The molecule has 102 heavy (non-hydrogen) atoms. The summed E-state index contributed by atoms with van der Waals surface area (Å²) in [6, 6.07) is 126. The van der Waals surface area contributed by atoms with Gasteiger partial charge in [0, 0.05) is 28.4 Å². The fraction of sp³-hybridized carbons (Fsp3) is 0.0204. The van der Waals surface area contributed by atoms with E-state index in [1.807, 2.05) is 36.4 Å². The summed E-state index contributed by atoms with van der Waals surface area (Å²) in [5.41, 5.74) is 25.7. The van der Waals surface area contributed by atoms with Crippen LogP contribution in [0.25, 0.3) is 120 Å². The van der Waals surface area contributed by atoms with E-state index in [1.54, 1.807) is 24.3 Å². The van der Waals surface area contributed by atoms with Crippen molar-refractivity contribution in [1.82, 2.24) is 0 Å². The molecule has 22 rings (SSSR count). The first-order valence-electron chi connectivity index (χ1n) is 35.2. The van der Waals surface area contributed by atoms with Gasteiger partial charge in [-0.15, -0.1) is 0 Å². The summed E-state index contributed by atoms with van der Waals surface area (Å²) >= 11 is 0. The van der Waals surface area contributed by atoms with Gasteiger partial charge in [-0.2, -0.15) is 0 Å². The van der Waals surface area contributed by atoms with Crippen LogP contribution in [0.2, 0.25) is 0 Å². The average Bonchev–Trinajstić information content (AvgIpc) is 1.50. The Morgan fingerprint density at radius 3 is 1.17 bits per heavy atom. The van der Waals surface area contributed by atoms with Gasteiger partial charge in [0.25, 0.3) is 0 Å². The standard InChI is InChI=1S/C98H58F2N2/c99-63-23-21-27-66(58-63)101(64-24-2-1-3-25-64)67-47-52-69-61(55-67)45-50-83-92-79-36-8-5-30-73(79)84-57-60(44-49-81(84)96(92)98(94(69)83)87-40-16-12-33-76(87)77-34-13-17-41-88(77)98)59-22-20-26-65(54-59)102(90-43-19-18-42-89(90)100)68-48-53-70-62(56-68)46-51-82-91-78-35-7-4-28-71(78)72-29-6-9-37-80(72)95(91)97(93(70)82)85-38-14-10-31-74(85)75-32-11-15-39-86(75)97/h1-58H. The zero-order valence-corrected chi connectivity index (χ0v) is 55.1. The largest absolute Gasteiger partial charge is 0.310 e. The van der Waals surface area contributed by atoms with Crippen LogP contribution in [0.4, 0.5) is 42.9 Å². The SMILES string of the molecule is Fc1cccc(N(c2ccccc2)c2ccc3c4c(ccc3c2)-c2c(c3ccc(-c5cccc(N(c6ccc7c8c(ccc7c6)-c6c(c7ccccc7c7ccccc67)C86c7ccccc7-c7ccccc76)c6ccccc6F)c5)cc3c3ccccc23)C42c3ccccc3-c3ccccc32)c1. The quantitative estimate of drug-likeness (QED) is 0.147. The highest BCUT2D eigenvalue weighted by Gasteiger charge is 2.56. The second kappa shape index (κ2) is 21.3. The molecular weight excluding hydrogens is 1240 g/mol. The van der Waals surface area contributed by atoms with Crippen molar-refractivity contribution in [1.29, 1.82) is 0 Å². The zero-order valence-electron chi connectivity index (χ0n) is 55.1. The summed E-state index contributed by atoms with van der Waals surface area (Å²) in [5.74, 6) is -0.602. The number of halogens is 2. The highest BCUT2D eigenvalue weighted by molar-refractivity contribution is 6.24. The maximum atomic E-state index is 17.1. The van der Waals surface area contributed by atoms with Crippen molar-refractivity contribution in [3.05, 3.63) is 408 Å². The monoisotopic (exact) mass is 1300 g/mol. The third-order valence-corrected chi connectivity index (χ3v) is 23.0. The topological polar surface area (TPSA) is 6.48 Å². The minimum absolute atomic E-state index is 0.288. The Morgan fingerprint density at radius 2 is 0.618 bits per heavy atom. The van der Waals surface area contributed by atoms with Crippen LogP contribution in [0.3, 0.4) is 0 Å². The Kier molecular flexibility index (Phi) is 11.9. The molecule has 0 unspecified atom stereocenters. The molecule has 2 spiro atoms.